The lowest BCUT2D eigenvalue weighted by atomic mass is 9.99. The Morgan fingerprint density at radius 2 is 1.21 bits per heavy atom. The summed E-state index contributed by atoms with van der Waals surface area (Å²) in [5, 5.41) is 23.0. The zero-order chi connectivity index (χ0) is 46.6. The van der Waals surface area contributed by atoms with E-state index in [1.807, 2.05) is 19.9 Å². The Hall–Kier alpha value is -4.99. The molecule has 2 aromatic carbocycles. The van der Waals surface area contributed by atoms with Crippen molar-refractivity contribution >= 4 is 43.4 Å². The number of rotatable bonds is 24. The SMILES string of the molecule is CCOP(=O)(OCC)C1CCN(C(=O)[C@@H](CCCCNC(=O)OC(C)(C)C)NC(=O)[C@@H](CC(C)C)NC(=O)[C@@H](Cc2ccccc2)NC(=O)[C@@H](Cc2ccccc2)NC(=O)O)CC1. The number of benzene rings is 2. The molecular formula is C45H69N6O11P. The highest BCUT2D eigenvalue weighted by Gasteiger charge is 2.40. The number of hydrogen-bond acceptors (Lipinski definition) is 10. The first-order valence-corrected chi connectivity index (χ1v) is 23.6. The monoisotopic (exact) mass is 900 g/mol. The lowest BCUT2D eigenvalue weighted by molar-refractivity contribution is -0.138. The van der Waals surface area contributed by atoms with Crippen LogP contribution in [0.3, 0.4) is 0 Å². The van der Waals surface area contributed by atoms with Gasteiger partial charge in [-0.15, -0.1) is 0 Å². The van der Waals surface area contributed by atoms with Gasteiger partial charge < -0.3 is 50.4 Å². The molecule has 18 heteroatoms. The van der Waals surface area contributed by atoms with E-state index in [9.17, 15) is 38.4 Å². The summed E-state index contributed by atoms with van der Waals surface area (Å²) in [6, 6.07) is 13.3. The van der Waals surface area contributed by atoms with Crippen molar-refractivity contribution in [2.75, 3.05) is 32.8 Å². The highest BCUT2D eigenvalue weighted by atomic mass is 31.2. The first-order chi connectivity index (χ1) is 29.8. The second-order valence-electron chi connectivity index (χ2n) is 17.1. The molecule has 2 aromatic rings. The van der Waals surface area contributed by atoms with Gasteiger partial charge in [0.05, 0.1) is 18.9 Å². The fourth-order valence-electron chi connectivity index (χ4n) is 7.25. The van der Waals surface area contributed by atoms with Crippen LogP contribution in [0.25, 0.3) is 0 Å². The van der Waals surface area contributed by atoms with Crippen molar-refractivity contribution in [3.63, 3.8) is 0 Å². The molecule has 6 amide bonds. The Morgan fingerprint density at radius 3 is 1.68 bits per heavy atom. The van der Waals surface area contributed by atoms with Gasteiger partial charge in [0.15, 0.2) is 0 Å². The maximum Gasteiger partial charge on any atom is 0.407 e. The summed E-state index contributed by atoms with van der Waals surface area (Å²) >= 11 is 0. The van der Waals surface area contributed by atoms with Gasteiger partial charge in [-0.25, -0.2) is 9.59 Å². The van der Waals surface area contributed by atoms with Gasteiger partial charge in [0.2, 0.25) is 23.6 Å². The van der Waals surface area contributed by atoms with Crippen LogP contribution in [0.1, 0.15) is 98.1 Å². The first-order valence-electron chi connectivity index (χ1n) is 22.0. The summed E-state index contributed by atoms with van der Waals surface area (Å²) < 4.78 is 30.0. The van der Waals surface area contributed by atoms with Crippen molar-refractivity contribution in [1.29, 1.82) is 0 Å². The number of hydrogen-bond donors (Lipinski definition) is 6. The van der Waals surface area contributed by atoms with Gasteiger partial charge in [0.25, 0.3) is 0 Å². The van der Waals surface area contributed by atoms with Crippen molar-refractivity contribution in [3.8, 4) is 0 Å². The zero-order valence-electron chi connectivity index (χ0n) is 37.9. The molecule has 0 unspecified atom stereocenters. The number of piperidine rings is 1. The van der Waals surface area contributed by atoms with Crippen LogP contribution in [-0.4, -0.2) is 114 Å². The molecule has 0 spiro atoms. The second kappa shape index (κ2) is 26.0. The van der Waals surface area contributed by atoms with Crippen molar-refractivity contribution in [2.45, 2.75) is 135 Å². The largest absolute Gasteiger partial charge is 0.465 e. The Labute approximate surface area is 372 Å². The van der Waals surface area contributed by atoms with Crippen LogP contribution in [-0.2, 0) is 50.4 Å². The van der Waals surface area contributed by atoms with Gasteiger partial charge in [-0.3, -0.25) is 23.7 Å². The maximum absolute atomic E-state index is 14.3. The number of likely N-dealkylation sites (tertiary alicyclic amines) is 1. The molecule has 0 aromatic heterocycles. The average Bonchev–Trinajstić information content (AvgIpc) is 3.22. The summed E-state index contributed by atoms with van der Waals surface area (Å²) in [6.45, 7) is 13.8. The van der Waals surface area contributed by atoms with Crippen molar-refractivity contribution in [2.24, 2.45) is 5.92 Å². The van der Waals surface area contributed by atoms with E-state index < -0.39 is 72.9 Å². The highest BCUT2D eigenvalue weighted by Crippen LogP contribution is 2.56. The quantitative estimate of drug-likeness (QED) is 0.0564. The molecular weight excluding hydrogens is 831 g/mol. The van der Waals surface area contributed by atoms with E-state index in [1.54, 1.807) is 94.1 Å². The molecule has 0 saturated carbocycles. The highest BCUT2D eigenvalue weighted by molar-refractivity contribution is 7.54. The number of carbonyl (C=O) groups is 6. The maximum atomic E-state index is 14.3. The molecule has 1 fully saturated rings. The minimum atomic E-state index is -3.40. The van der Waals surface area contributed by atoms with E-state index in [0.717, 1.165) is 0 Å². The molecule has 6 N–H and O–H groups in total. The van der Waals surface area contributed by atoms with Crippen molar-refractivity contribution < 1.29 is 52.2 Å². The normalized spacial score (nSPS) is 15.3. The van der Waals surface area contributed by atoms with Gasteiger partial charge >= 0.3 is 19.8 Å². The number of alkyl carbamates (subject to hydrolysis) is 1. The predicted molar refractivity (Wildman–Crippen MR) is 239 cm³/mol. The minimum absolute atomic E-state index is 0.0273. The Balaban J connectivity index is 1.84. The topological polar surface area (TPSA) is 231 Å². The van der Waals surface area contributed by atoms with Crippen LogP contribution in [0.2, 0.25) is 0 Å². The number of nitrogens with zero attached hydrogens (tertiary/aromatic N) is 1. The van der Waals surface area contributed by atoms with E-state index in [1.165, 1.54) is 0 Å². The number of carboxylic acid groups (broad SMARTS) is 1. The van der Waals surface area contributed by atoms with Crippen molar-refractivity contribution in [1.82, 2.24) is 31.5 Å². The lowest BCUT2D eigenvalue weighted by Crippen LogP contribution is -2.59. The molecule has 1 heterocycles. The summed E-state index contributed by atoms with van der Waals surface area (Å²) in [5.41, 5.74) is 0.350. The van der Waals surface area contributed by atoms with E-state index in [0.29, 0.717) is 36.8 Å². The van der Waals surface area contributed by atoms with Crippen LogP contribution < -0.4 is 26.6 Å². The van der Waals surface area contributed by atoms with Gasteiger partial charge in [-0.2, -0.15) is 0 Å². The number of carbonyl (C=O) groups excluding carboxylic acids is 5. The van der Waals surface area contributed by atoms with Crippen LogP contribution in [0.15, 0.2) is 60.7 Å². The molecule has 0 bridgehead atoms. The third-order valence-electron chi connectivity index (χ3n) is 10.2. The Morgan fingerprint density at radius 1 is 0.730 bits per heavy atom. The zero-order valence-corrected chi connectivity index (χ0v) is 38.7. The molecule has 63 heavy (non-hydrogen) atoms. The average molecular weight is 901 g/mol. The fourth-order valence-corrected chi connectivity index (χ4v) is 9.33. The minimum Gasteiger partial charge on any atom is -0.465 e. The number of ether oxygens (including phenoxy) is 1. The van der Waals surface area contributed by atoms with Crippen LogP contribution in [0, 0.1) is 5.92 Å². The van der Waals surface area contributed by atoms with E-state index >= 15 is 0 Å². The summed E-state index contributed by atoms with van der Waals surface area (Å²) in [7, 11) is -3.40. The molecule has 3 rings (SSSR count). The fraction of sp³-hybridized carbons (Fsp3) is 0.600. The van der Waals surface area contributed by atoms with Crippen LogP contribution >= 0.6 is 7.60 Å². The number of amides is 6. The molecule has 17 nitrogen and oxygen atoms in total. The van der Waals surface area contributed by atoms with Gasteiger partial charge in [-0.1, -0.05) is 74.5 Å². The molecule has 350 valence electrons. The summed E-state index contributed by atoms with van der Waals surface area (Å²) in [4.78, 5) is 82.1. The Kier molecular flexibility index (Phi) is 21.6. The van der Waals surface area contributed by atoms with E-state index in [4.69, 9.17) is 13.8 Å². The first kappa shape index (κ1) is 52.4. The lowest BCUT2D eigenvalue weighted by Gasteiger charge is -2.37. The molecule has 0 aliphatic carbocycles. The van der Waals surface area contributed by atoms with E-state index in [-0.39, 0.29) is 70.4 Å². The molecule has 4 atom stereocenters. The van der Waals surface area contributed by atoms with E-state index in [2.05, 4.69) is 26.6 Å². The smallest absolute Gasteiger partial charge is 0.407 e. The van der Waals surface area contributed by atoms with Gasteiger partial charge in [0, 0.05) is 32.5 Å². The van der Waals surface area contributed by atoms with Crippen LogP contribution in [0.4, 0.5) is 9.59 Å². The molecule has 0 radical (unpaired) electrons. The Bertz CT molecular complexity index is 1810. The standard InChI is InChI=1S/C45H69N6O11P/c1-8-60-63(59,61-9-2)34-23-26-51(27-24-34)42(55)35(22-16-17-25-46-44(58)62-45(5,6)7)47-39(52)36(28-31(3)4)48-40(53)37(29-32-18-12-10-13-19-32)49-41(54)38(50-43(56)57)30-33-20-14-11-15-21-33/h10-15,18-21,31,34-38,50H,8-9,16-17,22-30H2,1-7H3,(H,46,58)(H,47,52)(H,48,53)(H,49,54)(H,56,57)/t35-,36-,37-,38-/m1/s1. The van der Waals surface area contributed by atoms with Gasteiger partial charge in [-0.05, 0) is 90.2 Å². The molecule has 1 aliphatic rings. The molecule has 1 aliphatic heterocycles. The molecule has 1 saturated heterocycles. The third-order valence-corrected chi connectivity index (χ3v) is 12.8. The van der Waals surface area contributed by atoms with Crippen molar-refractivity contribution in [3.05, 3.63) is 71.8 Å². The third kappa shape index (κ3) is 18.7. The van der Waals surface area contributed by atoms with Crippen LogP contribution in [0.5, 0.6) is 0 Å². The summed E-state index contributed by atoms with van der Waals surface area (Å²) in [6.07, 6.45) is 0.149. The second-order valence-corrected chi connectivity index (χ2v) is 19.4. The van der Waals surface area contributed by atoms with Gasteiger partial charge in [0.1, 0.15) is 29.8 Å². The number of nitrogens with one attached hydrogen (secondary N) is 5. The predicted octanol–water partition coefficient (Wildman–Crippen LogP) is 5.56. The number of unbranched alkanes of at least 4 members (excludes halogenated alkanes) is 1. The summed E-state index contributed by atoms with van der Waals surface area (Å²) in [5.74, 6) is -2.43.